The first-order valence-electron chi connectivity index (χ1n) is 7.25. The SMILES string of the molecule is CCCc1ccc(C(C)(C)CNCCC(C)=O)cc1. The van der Waals surface area contributed by atoms with E-state index in [-0.39, 0.29) is 11.2 Å². The van der Waals surface area contributed by atoms with Gasteiger partial charge in [-0.25, -0.2) is 0 Å². The van der Waals surface area contributed by atoms with E-state index in [0.29, 0.717) is 6.42 Å². The second-order valence-electron chi connectivity index (χ2n) is 5.96. The molecule has 0 aliphatic carbocycles. The van der Waals surface area contributed by atoms with Crippen molar-refractivity contribution in [3.8, 4) is 0 Å². The lowest BCUT2D eigenvalue weighted by molar-refractivity contribution is -0.116. The van der Waals surface area contributed by atoms with Crippen LogP contribution < -0.4 is 5.32 Å². The van der Waals surface area contributed by atoms with E-state index >= 15 is 0 Å². The van der Waals surface area contributed by atoms with Crippen molar-refractivity contribution in [1.29, 1.82) is 0 Å². The van der Waals surface area contributed by atoms with E-state index in [1.54, 1.807) is 6.92 Å². The summed E-state index contributed by atoms with van der Waals surface area (Å²) in [6.45, 7) is 9.99. The minimum Gasteiger partial charge on any atom is -0.315 e. The van der Waals surface area contributed by atoms with Crippen molar-refractivity contribution in [2.24, 2.45) is 0 Å². The normalized spacial score (nSPS) is 11.6. The maximum absolute atomic E-state index is 10.9. The van der Waals surface area contributed by atoms with Gasteiger partial charge in [0.05, 0.1) is 0 Å². The smallest absolute Gasteiger partial charge is 0.131 e. The quantitative estimate of drug-likeness (QED) is 0.726. The summed E-state index contributed by atoms with van der Waals surface area (Å²) < 4.78 is 0. The molecule has 0 bridgehead atoms. The van der Waals surface area contributed by atoms with Crippen molar-refractivity contribution in [3.63, 3.8) is 0 Å². The first-order valence-corrected chi connectivity index (χ1v) is 7.25. The zero-order valence-electron chi connectivity index (χ0n) is 12.8. The lowest BCUT2D eigenvalue weighted by Crippen LogP contribution is -2.33. The van der Waals surface area contributed by atoms with Crippen LogP contribution in [0.15, 0.2) is 24.3 Å². The zero-order chi connectivity index (χ0) is 14.3. The van der Waals surface area contributed by atoms with Crippen molar-refractivity contribution in [2.45, 2.75) is 52.4 Å². The van der Waals surface area contributed by atoms with E-state index in [4.69, 9.17) is 0 Å². The molecule has 0 spiro atoms. The van der Waals surface area contributed by atoms with E-state index in [1.165, 1.54) is 17.5 Å². The van der Waals surface area contributed by atoms with Crippen LogP contribution in [0.4, 0.5) is 0 Å². The molecule has 0 amide bonds. The molecule has 1 aromatic carbocycles. The van der Waals surface area contributed by atoms with Crippen LogP contribution in [0.2, 0.25) is 0 Å². The van der Waals surface area contributed by atoms with Crippen LogP contribution in [0.5, 0.6) is 0 Å². The summed E-state index contributed by atoms with van der Waals surface area (Å²) >= 11 is 0. The zero-order valence-corrected chi connectivity index (χ0v) is 12.8. The molecular weight excluding hydrogens is 234 g/mol. The third kappa shape index (κ3) is 5.56. The number of benzene rings is 1. The van der Waals surface area contributed by atoms with Crippen molar-refractivity contribution in [3.05, 3.63) is 35.4 Å². The van der Waals surface area contributed by atoms with E-state index in [9.17, 15) is 4.79 Å². The number of carbonyl (C=O) groups is 1. The number of rotatable bonds is 8. The summed E-state index contributed by atoms with van der Waals surface area (Å²) in [4.78, 5) is 10.9. The third-order valence-electron chi connectivity index (χ3n) is 3.49. The highest BCUT2D eigenvalue weighted by Gasteiger charge is 2.19. The molecule has 0 heterocycles. The van der Waals surface area contributed by atoms with Gasteiger partial charge in [-0.3, -0.25) is 4.79 Å². The van der Waals surface area contributed by atoms with Crippen LogP contribution in [-0.2, 0) is 16.6 Å². The average Bonchev–Trinajstić information content (AvgIpc) is 2.36. The van der Waals surface area contributed by atoms with Gasteiger partial charge >= 0.3 is 0 Å². The van der Waals surface area contributed by atoms with E-state index < -0.39 is 0 Å². The Hall–Kier alpha value is -1.15. The van der Waals surface area contributed by atoms with Crippen LogP contribution in [0, 0.1) is 0 Å². The molecule has 0 fully saturated rings. The molecule has 0 atom stereocenters. The Labute approximate surface area is 117 Å². The van der Waals surface area contributed by atoms with Crippen molar-refractivity contribution < 1.29 is 4.79 Å². The number of Topliss-reactive ketones (excluding diaryl/α,β-unsaturated/α-hetero) is 1. The second kappa shape index (κ2) is 7.44. The van der Waals surface area contributed by atoms with Gasteiger partial charge in [-0.2, -0.15) is 0 Å². The van der Waals surface area contributed by atoms with Crippen LogP contribution in [0.25, 0.3) is 0 Å². The highest BCUT2D eigenvalue weighted by Crippen LogP contribution is 2.22. The molecule has 2 heteroatoms. The Morgan fingerprint density at radius 1 is 1.21 bits per heavy atom. The number of nitrogens with one attached hydrogen (secondary N) is 1. The maximum Gasteiger partial charge on any atom is 0.131 e. The van der Waals surface area contributed by atoms with Gasteiger partial charge in [-0.15, -0.1) is 0 Å². The van der Waals surface area contributed by atoms with Crippen LogP contribution in [0.1, 0.15) is 51.7 Å². The summed E-state index contributed by atoms with van der Waals surface area (Å²) in [5.74, 6) is 0.245. The van der Waals surface area contributed by atoms with Crippen LogP contribution >= 0.6 is 0 Å². The minimum absolute atomic E-state index is 0.0987. The molecule has 19 heavy (non-hydrogen) atoms. The molecule has 0 unspecified atom stereocenters. The standard InChI is InChI=1S/C17H27NO/c1-5-6-15-7-9-16(10-8-15)17(3,4)13-18-12-11-14(2)19/h7-10,18H,5-6,11-13H2,1-4H3. The molecule has 1 aromatic rings. The number of carbonyl (C=O) groups excluding carboxylic acids is 1. The van der Waals surface area contributed by atoms with Gasteiger partial charge in [0.15, 0.2) is 0 Å². The Kier molecular flexibility index (Phi) is 6.23. The fourth-order valence-electron chi connectivity index (χ4n) is 2.18. The minimum atomic E-state index is 0.0987. The second-order valence-corrected chi connectivity index (χ2v) is 5.96. The topological polar surface area (TPSA) is 29.1 Å². The monoisotopic (exact) mass is 261 g/mol. The summed E-state index contributed by atoms with van der Waals surface area (Å²) in [6, 6.07) is 8.93. The summed E-state index contributed by atoms with van der Waals surface area (Å²) in [7, 11) is 0. The molecule has 0 radical (unpaired) electrons. The Balaban J connectivity index is 2.53. The summed E-state index contributed by atoms with van der Waals surface area (Å²) in [5, 5.41) is 3.37. The fraction of sp³-hybridized carbons (Fsp3) is 0.588. The molecule has 106 valence electrons. The average molecular weight is 261 g/mol. The first-order chi connectivity index (χ1) is 8.95. The number of hydrogen-bond donors (Lipinski definition) is 1. The van der Waals surface area contributed by atoms with Crippen molar-refractivity contribution in [1.82, 2.24) is 5.32 Å². The van der Waals surface area contributed by atoms with E-state index in [0.717, 1.165) is 19.5 Å². The van der Waals surface area contributed by atoms with Crippen molar-refractivity contribution >= 4 is 5.78 Å². The van der Waals surface area contributed by atoms with E-state index in [1.807, 2.05) is 0 Å². The molecule has 0 aliphatic heterocycles. The van der Waals surface area contributed by atoms with Crippen LogP contribution in [-0.4, -0.2) is 18.9 Å². The van der Waals surface area contributed by atoms with Gasteiger partial charge in [0.2, 0.25) is 0 Å². The lowest BCUT2D eigenvalue weighted by atomic mass is 9.84. The first kappa shape index (κ1) is 15.9. The Morgan fingerprint density at radius 2 is 1.84 bits per heavy atom. The molecule has 1 N–H and O–H groups in total. The van der Waals surface area contributed by atoms with Gasteiger partial charge in [0.25, 0.3) is 0 Å². The molecule has 0 saturated carbocycles. The maximum atomic E-state index is 10.9. The molecule has 0 aliphatic rings. The molecule has 1 rings (SSSR count). The predicted octanol–water partition coefficient (Wildman–Crippen LogP) is 3.49. The summed E-state index contributed by atoms with van der Waals surface area (Å²) in [5.41, 5.74) is 2.86. The molecule has 2 nitrogen and oxygen atoms in total. The number of ketones is 1. The van der Waals surface area contributed by atoms with Gasteiger partial charge in [0.1, 0.15) is 5.78 Å². The number of aryl methyl sites for hydroxylation is 1. The van der Waals surface area contributed by atoms with Crippen LogP contribution in [0.3, 0.4) is 0 Å². The fourth-order valence-corrected chi connectivity index (χ4v) is 2.18. The van der Waals surface area contributed by atoms with Gasteiger partial charge in [-0.05, 0) is 24.5 Å². The Bertz CT molecular complexity index is 392. The third-order valence-corrected chi connectivity index (χ3v) is 3.49. The largest absolute Gasteiger partial charge is 0.315 e. The van der Waals surface area contributed by atoms with Crippen molar-refractivity contribution in [2.75, 3.05) is 13.1 Å². The predicted molar refractivity (Wildman–Crippen MR) is 81.6 cm³/mol. The molecule has 0 saturated heterocycles. The highest BCUT2D eigenvalue weighted by atomic mass is 16.1. The summed E-state index contributed by atoms with van der Waals surface area (Å²) in [6.07, 6.45) is 2.96. The lowest BCUT2D eigenvalue weighted by Gasteiger charge is -2.26. The number of hydrogen-bond acceptors (Lipinski definition) is 2. The van der Waals surface area contributed by atoms with Gasteiger partial charge in [0, 0.05) is 24.9 Å². The van der Waals surface area contributed by atoms with E-state index in [2.05, 4.69) is 50.4 Å². The molecule has 0 aromatic heterocycles. The van der Waals surface area contributed by atoms with Gasteiger partial charge in [-0.1, -0.05) is 51.5 Å². The molecular formula is C17H27NO. The highest BCUT2D eigenvalue weighted by molar-refractivity contribution is 5.75. The van der Waals surface area contributed by atoms with Gasteiger partial charge < -0.3 is 5.32 Å². The Morgan fingerprint density at radius 3 is 2.37 bits per heavy atom.